The average Bonchev–Trinajstić information content (AvgIpc) is 2.38. The number of hydrogen-bond acceptors (Lipinski definition) is 3. The van der Waals surface area contributed by atoms with Gasteiger partial charge in [0, 0.05) is 17.6 Å². The molecule has 4 nitrogen and oxygen atoms in total. The van der Waals surface area contributed by atoms with Crippen LogP contribution in [0, 0.1) is 0 Å². The first-order valence-electron chi connectivity index (χ1n) is 6.45. The zero-order valence-corrected chi connectivity index (χ0v) is 12.9. The molecule has 0 aliphatic rings. The lowest BCUT2D eigenvalue weighted by atomic mass is 10.1. The van der Waals surface area contributed by atoms with Gasteiger partial charge in [-0.15, -0.1) is 0 Å². The molecule has 1 rings (SSSR count). The Labute approximate surface area is 120 Å². The molecule has 1 aromatic carbocycles. The molecule has 1 aromatic rings. The van der Waals surface area contributed by atoms with Crippen LogP contribution in [-0.2, 0) is 16.6 Å². The number of halogens is 1. The van der Waals surface area contributed by atoms with E-state index in [0.29, 0.717) is 10.6 Å². The van der Waals surface area contributed by atoms with E-state index in [0.717, 1.165) is 19.3 Å². The van der Waals surface area contributed by atoms with Gasteiger partial charge in [0.1, 0.15) is 0 Å². The molecule has 0 aliphatic carbocycles. The van der Waals surface area contributed by atoms with Crippen LogP contribution in [0.4, 0.5) is 0 Å². The molecule has 0 fully saturated rings. The Morgan fingerprint density at radius 1 is 1.37 bits per heavy atom. The van der Waals surface area contributed by atoms with Crippen molar-refractivity contribution >= 4 is 21.6 Å². The van der Waals surface area contributed by atoms with Crippen LogP contribution in [0.3, 0.4) is 0 Å². The lowest BCUT2D eigenvalue weighted by Gasteiger charge is -2.16. The highest BCUT2D eigenvalue weighted by Crippen LogP contribution is 2.20. The number of benzene rings is 1. The Balaban J connectivity index is 2.99. The van der Waals surface area contributed by atoms with Gasteiger partial charge in [0.25, 0.3) is 0 Å². The quantitative estimate of drug-likeness (QED) is 0.813. The molecule has 0 heterocycles. The Morgan fingerprint density at radius 2 is 2.05 bits per heavy atom. The van der Waals surface area contributed by atoms with Gasteiger partial charge < -0.3 is 5.73 Å². The number of sulfonamides is 1. The monoisotopic (exact) mass is 304 g/mol. The summed E-state index contributed by atoms with van der Waals surface area (Å²) in [4.78, 5) is 0.215. The van der Waals surface area contributed by atoms with Gasteiger partial charge in [0.05, 0.1) is 4.90 Å². The predicted molar refractivity (Wildman–Crippen MR) is 78.7 cm³/mol. The van der Waals surface area contributed by atoms with Crippen molar-refractivity contribution < 1.29 is 8.42 Å². The van der Waals surface area contributed by atoms with Crippen molar-refractivity contribution in [3.63, 3.8) is 0 Å². The lowest BCUT2D eigenvalue weighted by molar-refractivity contribution is 0.512. The van der Waals surface area contributed by atoms with E-state index in [1.807, 2.05) is 13.8 Å². The Morgan fingerprint density at radius 3 is 2.58 bits per heavy atom. The predicted octanol–water partition coefficient (Wildman–Crippen LogP) is 2.66. The van der Waals surface area contributed by atoms with E-state index < -0.39 is 10.0 Å². The summed E-state index contributed by atoms with van der Waals surface area (Å²) < 4.78 is 27.2. The number of hydrogen-bond donors (Lipinski definition) is 2. The minimum absolute atomic E-state index is 0.0352. The topological polar surface area (TPSA) is 72.2 Å². The molecular weight excluding hydrogens is 284 g/mol. The second-order valence-corrected chi connectivity index (χ2v) is 6.59. The van der Waals surface area contributed by atoms with Gasteiger partial charge in [-0.05, 0) is 36.6 Å². The largest absolute Gasteiger partial charge is 0.326 e. The first-order chi connectivity index (χ1) is 8.94. The van der Waals surface area contributed by atoms with E-state index in [2.05, 4.69) is 4.72 Å². The standard InChI is InChI=1S/C13H21ClN2O2S/c1-3-5-11(4-2)16-19(17,18)12-6-7-13(14)10(8-12)9-15/h6-8,11,16H,3-5,9,15H2,1-2H3. The summed E-state index contributed by atoms with van der Waals surface area (Å²) in [6.07, 6.45) is 2.53. The fourth-order valence-electron chi connectivity index (χ4n) is 1.86. The van der Waals surface area contributed by atoms with Crippen LogP contribution < -0.4 is 10.5 Å². The molecule has 6 heteroatoms. The Hall–Kier alpha value is -0.620. The highest BCUT2D eigenvalue weighted by atomic mass is 35.5. The van der Waals surface area contributed by atoms with E-state index >= 15 is 0 Å². The van der Waals surface area contributed by atoms with Gasteiger partial charge >= 0.3 is 0 Å². The highest BCUT2D eigenvalue weighted by Gasteiger charge is 2.19. The molecule has 1 atom stereocenters. The van der Waals surface area contributed by atoms with Gasteiger partial charge in [-0.25, -0.2) is 13.1 Å². The van der Waals surface area contributed by atoms with Crippen LogP contribution in [0.1, 0.15) is 38.7 Å². The molecule has 108 valence electrons. The van der Waals surface area contributed by atoms with Gasteiger partial charge in [-0.1, -0.05) is 31.9 Å². The molecule has 0 aromatic heterocycles. The smallest absolute Gasteiger partial charge is 0.240 e. The molecule has 0 saturated carbocycles. The Kier molecular flexibility index (Phi) is 6.26. The lowest BCUT2D eigenvalue weighted by Crippen LogP contribution is -2.34. The van der Waals surface area contributed by atoms with Crippen molar-refractivity contribution in [2.75, 3.05) is 0 Å². The maximum atomic E-state index is 12.3. The molecule has 0 spiro atoms. The summed E-state index contributed by atoms with van der Waals surface area (Å²) in [6, 6.07) is 4.57. The fraction of sp³-hybridized carbons (Fsp3) is 0.538. The average molecular weight is 305 g/mol. The van der Waals surface area contributed by atoms with E-state index in [9.17, 15) is 8.42 Å². The molecule has 19 heavy (non-hydrogen) atoms. The molecule has 0 bridgehead atoms. The number of rotatable bonds is 7. The zero-order valence-electron chi connectivity index (χ0n) is 11.3. The summed E-state index contributed by atoms with van der Waals surface area (Å²) in [7, 11) is -3.51. The van der Waals surface area contributed by atoms with Gasteiger partial charge in [-0.3, -0.25) is 0 Å². The summed E-state index contributed by atoms with van der Waals surface area (Å²) >= 11 is 5.93. The van der Waals surface area contributed by atoms with Crippen LogP contribution in [0.15, 0.2) is 23.1 Å². The van der Waals surface area contributed by atoms with E-state index in [4.69, 9.17) is 17.3 Å². The van der Waals surface area contributed by atoms with E-state index in [1.54, 1.807) is 6.07 Å². The normalized spacial score (nSPS) is 13.5. The van der Waals surface area contributed by atoms with Crippen LogP contribution >= 0.6 is 11.6 Å². The number of nitrogens with one attached hydrogen (secondary N) is 1. The minimum atomic E-state index is -3.51. The van der Waals surface area contributed by atoms with Crippen molar-refractivity contribution in [1.82, 2.24) is 4.72 Å². The summed E-state index contributed by atoms with van der Waals surface area (Å²) in [5.41, 5.74) is 6.17. The molecule has 0 amide bonds. The van der Waals surface area contributed by atoms with Gasteiger partial charge in [0.2, 0.25) is 10.0 Å². The minimum Gasteiger partial charge on any atom is -0.326 e. The SMILES string of the molecule is CCCC(CC)NS(=O)(=O)c1ccc(Cl)c(CN)c1. The summed E-state index contributed by atoms with van der Waals surface area (Å²) in [5, 5.41) is 0.488. The molecule has 3 N–H and O–H groups in total. The van der Waals surface area contributed by atoms with Crippen molar-refractivity contribution in [3.8, 4) is 0 Å². The first kappa shape index (κ1) is 16.4. The third kappa shape index (κ3) is 4.45. The maximum Gasteiger partial charge on any atom is 0.240 e. The third-order valence-electron chi connectivity index (χ3n) is 3.00. The summed E-state index contributed by atoms with van der Waals surface area (Å²) in [5.74, 6) is 0. The molecule has 0 saturated heterocycles. The third-order valence-corrected chi connectivity index (χ3v) is 4.89. The Bertz CT molecular complexity index is 517. The fourth-order valence-corrected chi connectivity index (χ4v) is 3.46. The van der Waals surface area contributed by atoms with Gasteiger partial charge in [0.15, 0.2) is 0 Å². The number of nitrogens with two attached hydrogens (primary N) is 1. The van der Waals surface area contributed by atoms with Crippen molar-refractivity contribution in [2.45, 2.75) is 50.6 Å². The van der Waals surface area contributed by atoms with Crippen LogP contribution in [0.2, 0.25) is 5.02 Å². The maximum absolute atomic E-state index is 12.3. The van der Waals surface area contributed by atoms with Gasteiger partial charge in [-0.2, -0.15) is 0 Å². The molecule has 0 aliphatic heterocycles. The van der Waals surface area contributed by atoms with E-state index in [-0.39, 0.29) is 17.5 Å². The van der Waals surface area contributed by atoms with Crippen LogP contribution in [0.25, 0.3) is 0 Å². The molecule has 0 radical (unpaired) electrons. The zero-order chi connectivity index (χ0) is 14.5. The highest BCUT2D eigenvalue weighted by molar-refractivity contribution is 7.89. The van der Waals surface area contributed by atoms with Crippen LogP contribution in [-0.4, -0.2) is 14.5 Å². The second kappa shape index (κ2) is 7.24. The molecular formula is C13H21ClN2O2S. The molecule has 1 unspecified atom stereocenters. The van der Waals surface area contributed by atoms with Crippen molar-refractivity contribution in [3.05, 3.63) is 28.8 Å². The second-order valence-electron chi connectivity index (χ2n) is 4.47. The van der Waals surface area contributed by atoms with Crippen LogP contribution in [0.5, 0.6) is 0 Å². The van der Waals surface area contributed by atoms with Crippen molar-refractivity contribution in [2.24, 2.45) is 5.73 Å². The van der Waals surface area contributed by atoms with E-state index in [1.165, 1.54) is 12.1 Å². The first-order valence-corrected chi connectivity index (χ1v) is 8.31. The van der Waals surface area contributed by atoms with Crippen molar-refractivity contribution in [1.29, 1.82) is 0 Å². The summed E-state index contributed by atoms with van der Waals surface area (Å²) in [6.45, 7) is 4.22.